The predicted octanol–water partition coefficient (Wildman–Crippen LogP) is 3.17. The van der Waals surface area contributed by atoms with E-state index in [1.54, 1.807) is 42.5 Å². The van der Waals surface area contributed by atoms with Gasteiger partial charge < -0.3 is 10.1 Å². The molecule has 0 atom stereocenters. The molecule has 0 saturated heterocycles. The molecule has 0 radical (unpaired) electrons. The van der Waals surface area contributed by atoms with E-state index in [-0.39, 0.29) is 18.0 Å². The molecule has 0 fully saturated rings. The number of hydrogen-bond acceptors (Lipinski definition) is 4. The van der Waals surface area contributed by atoms with Gasteiger partial charge in [0.2, 0.25) is 5.91 Å². The number of rotatable bonds is 6. The summed E-state index contributed by atoms with van der Waals surface area (Å²) in [7, 11) is 0. The van der Waals surface area contributed by atoms with Crippen LogP contribution in [-0.4, -0.2) is 17.4 Å². The topological polar surface area (TPSA) is 81.5 Å². The molecular formula is C16H16N2O4. The van der Waals surface area contributed by atoms with Gasteiger partial charge in [0.1, 0.15) is 5.75 Å². The Morgan fingerprint density at radius 2 is 2.00 bits per heavy atom. The van der Waals surface area contributed by atoms with Crippen LogP contribution < -0.4 is 10.1 Å². The van der Waals surface area contributed by atoms with E-state index in [1.807, 2.05) is 6.92 Å². The third kappa shape index (κ3) is 4.05. The number of nitrogens with zero attached hydrogens (tertiary/aromatic N) is 1. The van der Waals surface area contributed by atoms with Gasteiger partial charge in [-0.3, -0.25) is 14.9 Å². The van der Waals surface area contributed by atoms with Gasteiger partial charge in [0.15, 0.2) is 0 Å². The van der Waals surface area contributed by atoms with Crippen molar-refractivity contribution < 1.29 is 14.5 Å². The second kappa shape index (κ2) is 7.21. The smallest absolute Gasteiger partial charge is 0.273 e. The number of benzene rings is 2. The number of nitro benzene ring substituents is 1. The molecule has 6 nitrogen and oxygen atoms in total. The highest BCUT2D eigenvalue weighted by molar-refractivity contribution is 5.93. The van der Waals surface area contributed by atoms with Gasteiger partial charge in [-0.1, -0.05) is 24.3 Å². The van der Waals surface area contributed by atoms with E-state index in [0.717, 1.165) is 0 Å². The Bertz CT molecular complexity index is 685. The SMILES string of the molecule is CCOc1cccc(NC(=O)Cc2ccccc2[N+](=O)[O-])c1. The number of carbonyl (C=O) groups excluding carboxylic acids is 1. The van der Waals surface area contributed by atoms with Crippen LogP contribution in [0.5, 0.6) is 5.75 Å². The minimum absolute atomic E-state index is 0.0549. The summed E-state index contributed by atoms with van der Waals surface area (Å²) in [4.78, 5) is 22.5. The number of para-hydroxylation sites is 1. The molecule has 6 heteroatoms. The van der Waals surface area contributed by atoms with Gasteiger partial charge in [-0.25, -0.2) is 0 Å². The van der Waals surface area contributed by atoms with Gasteiger partial charge >= 0.3 is 0 Å². The summed E-state index contributed by atoms with van der Waals surface area (Å²) >= 11 is 0. The maximum atomic E-state index is 12.1. The second-order valence-electron chi connectivity index (χ2n) is 4.57. The predicted molar refractivity (Wildman–Crippen MR) is 83.0 cm³/mol. The minimum atomic E-state index is -0.488. The van der Waals surface area contributed by atoms with E-state index in [9.17, 15) is 14.9 Å². The first-order valence-corrected chi connectivity index (χ1v) is 6.85. The fourth-order valence-corrected chi connectivity index (χ4v) is 2.05. The Morgan fingerprint density at radius 3 is 2.73 bits per heavy atom. The number of carbonyl (C=O) groups is 1. The van der Waals surface area contributed by atoms with Crippen molar-refractivity contribution in [2.45, 2.75) is 13.3 Å². The zero-order chi connectivity index (χ0) is 15.9. The Morgan fingerprint density at radius 1 is 1.23 bits per heavy atom. The van der Waals surface area contributed by atoms with Crippen LogP contribution in [0.15, 0.2) is 48.5 Å². The Hall–Kier alpha value is -2.89. The monoisotopic (exact) mass is 300 g/mol. The molecule has 114 valence electrons. The summed E-state index contributed by atoms with van der Waals surface area (Å²) in [6, 6.07) is 13.2. The molecule has 0 heterocycles. The lowest BCUT2D eigenvalue weighted by atomic mass is 10.1. The number of nitrogens with one attached hydrogen (secondary N) is 1. The van der Waals surface area contributed by atoms with Crippen molar-refractivity contribution in [1.29, 1.82) is 0 Å². The maximum absolute atomic E-state index is 12.1. The Balaban J connectivity index is 2.07. The van der Waals surface area contributed by atoms with E-state index >= 15 is 0 Å². The van der Waals surface area contributed by atoms with E-state index < -0.39 is 4.92 Å². The summed E-state index contributed by atoms with van der Waals surface area (Å²) in [6.07, 6.45) is -0.0595. The normalized spacial score (nSPS) is 10.0. The molecule has 0 saturated carbocycles. The van der Waals surface area contributed by atoms with Crippen molar-refractivity contribution in [2.24, 2.45) is 0 Å². The molecule has 0 aromatic heterocycles. The van der Waals surface area contributed by atoms with Crippen LogP contribution in [0.3, 0.4) is 0 Å². The molecule has 1 amide bonds. The first-order valence-electron chi connectivity index (χ1n) is 6.85. The lowest BCUT2D eigenvalue weighted by Gasteiger charge is -2.08. The number of anilines is 1. The molecule has 0 aliphatic heterocycles. The third-order valence-electron chi connectivity index (χ3n) is 2.97. The molecule has 2 aromatic carbocycles. The van der Waals surface area contributed by atoms with Crippen molar-refractivity contribution in [3.05, 3.63) is 64.2 Å². The summed E-state index contributed by atoms with van der Waals surface area (Å²) in [5.41, 5.74) is 0.918. The maximum Gasteiger partial charge on any atom is 0.273 e. The molecule has 1 N–H and O–H groups in total. The molecule has 0 bridgehead atoms. The molecule has 22 heavy (non-hydrogen) atoms. The Labute approximate surface area is 127 Å². The molecule has 0 aliphatic rings. The Kier molecular flexibility index (Phi) is 5.08. The first-order chi connectivity index (χ1) is 10.6. The second-order valence-corrected chi connectivity index (χ2v) is 4.57. The van der Waals surface area contributed by atoms with E-state index in [1.165, 1.54) is 6.07 Å². The van der Waals surface area contributed by atoms with Gasteiger partial charge in [0.05, 0.1) is 18.0 Å². The van der Waals surface area contributed by atoms with Crippen molar-refractivity contribution in [3.8, 4) is 5.75 Å². The largest absolute Gasteiger partial charge is 0.494 e. The van der Waals surface area contributed by atoms with Crippen LogP contribution in [0.25, 0.3) is 0 Å². The van der Waals surface area contributed by atoms with Crippen molar-refractivity contribution in [1.82, 2.24) is 0 Å². The van der Waals surface area contributed by atoms with Gasteiger partial charge in [0, 0.05) is 23.4 Å². The lowest BCUT2D eigenvalue weighted by Crippen LogP contribution is -2.15. The number of ether oxygens (including phenoxy) is 1. The molecular weight excluding hydrogens is 284 g/mol. The fraction of sp³-hybridized carbons (Fsp3) is 0.188. The van der Waals surface area contributed by atoms with Crippen molar-refractivity contribution in [3.63, 3.8) is 0 Å². The van der Waals surface area contributed by atoms with E-state index in [2.05, 4.69) is 5.32 Å². The van der Waals surface area contributed by atoms with Crippen LogP contribution in [-0.2, 0) is 11.2 Å². The number of nitro groups is 1. The highest BCUT2D eigenvalue weighted by atomic mass is 16.6. The molecule has 0 unspecified atom stereocenters. The van der Waals surface area contributed by atoms with Gasteiger partial charge in [-0.2, -0.15) is 0 Å². The molecule has 2 aromatic rings. The van der Waals surface area contributed by atoms with Crippen LogP contribution >= 0.6 is 0 Å². The average Bonchev–Trinajstić information content (AvgIpc) is 2.48. The highest BCUT2D eigenvalue weighted by Gasteiger charge is 2.15. The zero-order valence-corrected chi connectivity index (χ0v) is 12.1. The van der Waals surface area contributed by atoms with Crippen LogP contribution in [0.1, 0.15) is 12.5 Å². The van der Waals surface area contributed by atoms with E-state index in [4.69, 9.17) is 4.74 Å². The van der Waals surface area contributed by atoms with Crippen LogP contribution in [0, 0.1) is 10.1 Å². The quantitative estimate of drug-likeness (QED) is 0.656. The number of amides is 1. The van der Waals surface area contributed by atoms with E-state index in [0.29, 0.717) is 23.6 Å². The summed E-state index contributed by atoms with van der Waals surface area (Å²) < 4.78 is 5.36. The van der Waals surface area contributed by atoms with Crippen molar-refractivity contribution >= 4 is 17.3 Å². The van der Waals surface area contributed by atoms with Crippen LogP contribution in [0.2, 0.25) is 0 Å². The lowest BCUT2D eigenvalue weighted by molar-refractivity contribution is -0.385. The number of hydrogen-bond donors (Lipinski definition) is 1. The van der Waals surface area contributed by atoms with Gasteiger partial charge in [-0.05, 0) is 19.1 Å². The molecule has 0 spiro atoms. The third-order valence-corrected chi connectivity index (χ3v) is 2.97. The molecule has 0 aliphatic carbocycles. The van der Waals surface area contributed by atoms with Gasteiger partial charge in [0.25, 0.3) is 5.69 Å². The van der Waals surface area contributed by atoms with Gasteiger partial charge in [-0.15, -0.1) is 0 Å². The van der Waals surface area contributed by atoms with Crippen LogP contribution in [0.4, 0.5) is 11.4 Å². The molecule has 2 rings (SSSR count). The fourth-order valence-electron chi connectivity index (χ4n) is 2.05. The zero-order valence-electron chi connectivity index (χ0n) is 12.1. The minimum Gasteiger partial charge on any atom is -0.494 e. The highest BCUT2D eigenvalue weighted by Crippen LogP contribution is 2.20. The first kappa shape index (κ1) is 15.5. The standard InChI is InChI=1S/C16H16N2O4/c1-2-22-14-8-5-7-13(11-14)17-16(19)10-12-6-3-4-9-15(12)18(20)21/h3-9,11H,2,10H2,1H3,(H,17,19). The average molecular weight is 300 g/mol. The summed E-state index contributed by atoms with van der Waals surface area (Å²) in [6.45, 7) is 2.41. The summed E-state index contributed by atoms with van der Waals surface area (Å²) in [5, 5.41) is 13.6. The van der Waals surface area contributed by atoms with Crippen molar-refractivity contribution in [2.75, 3.05) is 11.9 Å². The summed E-state index contributed by atoms with van der Waals surface area (Å²) in [5.74, 6) is 0.342.